The number of hydrogen-bond acceptors (Lipinski definition) is 3. The van der Waals surface area contributed by atoms with Gasteiger partial charge in [-0.25, -0.2) is 0 Å². The Morgan fingerprint density at radius 1 is 1.14 bits per heavy atom. The summed E-state index contributed by atoms with van der Waals surface area (Å²) in [5, 5.41) is 3.66. The average Bonchev–Trinajstić information content (AvgIpc) is 2.51. The molecular weight excluding hydrogens is 274 g/mol. The van der Waals surface area contributed by atoms with Gasteiger partial charge in [-0.15, -0.1) is 0 Å². The minimum absolute atomic E-state index is 0.187. The van der Waals surface area contributed by atoms with Crippen molar-refractivity contribution in [3.05, 3.63) is 59.7 Å². The highest BCUT2D eigenvalue weighted by Gasteiger charge is 2.35. The molecule has 0 aromatic heterocycles. The fourth-order valence-electron chi connectivity index (χ4n) is 3.08. The summed E-state index contributed by atoms with van der Waals surface area (Å²) in [6.45, 7) is 5.10. The number of benzene rings is 2. The van der Waals surface area contributed by atoms with E-state index in [9.17, 15) is 0 Å². The summed E-state index contributed by atoms with van der Waals surface area (Å²) >= 11 is 0. The van der Waals surface area contributed by atoms with Gasteiger partial charge >= 0.3 is 0 Å². The van der Waals surface area contributed by atoms with Crippen molar-refractivity contribution in [3.63, 3.8) is 0 Å². The first kappa shape index (κ1) is 14.9. The predicted molar refractivity (Wildman–Crippen MR) is 88.3 cm³/mol. The van der Waals surface area contributed by atoms with Crippen LogP contribution in [0.4, 0.5) is 0 Å². The Kier molecular flexibility index (Phi) is 4.08. The Bertz CT molecular complexity index is 637. The van der Waals surface area contributed by atoms with Gasteiger partial charge in [-0.1, -0.05) is 36.4 Å². The highest BCUT2D eigenvalue weighted by molar-refractivity contribution is 5.48. The first-order valence-electron chi connectivity index (χ1n) is 7.72. The molecule has 22 heavy (non-hydrogen) atoms. The normalized spacial score (nSPS) is 19.1. The molecule has 0 saturated carbocycles. The second-order valence-electron chi connectivity index (χ2n) is 6.36. The molecule has 0 bridgehead atoms. The van der Waals surface area contributed by atoms with Gasteiger partial charge in [0.05, 0.1) is 12.7 Å². The number of nitrogens with one attached hydrogen (secondary N) is 1. The number of rotatable bonds is 4. The van der Waals surface area contributed by atoms with Crippen molar-refractivity contribution in [2.75, 3.05) is 7.11 Å². The van der Waals surface area contributed by atoms with Crippen molar-refractivity contribution in [1.29, 1.82) is 0 Å². The van der Waals surface area contributed by atoms with E-state index in [-0.39, 0.29) is 11.6 Å². The van der Waals surface area contributed by atoms with E-state index in [4.69, 9.17) is 9.47 Å². The summed E-state index contributed by atoms with van der Waals surface area (Å²) in [6, 6.07) is 16.7. The van der Waals surface area contributed by atoms with Crippen molar-refractivity contribution in [3.8, 4) is 11.5 Å². The van der Waals surface area contributed by atoms with Gasteiger partial charge in [-0.3, -0.25) is 0 Å². The van der Waals surface area contributed by atoms with E-state index in [0.717, 1.165) is 30.0 Å². The molecule has 1 atom stereocenters. The monoisotopic (exact) mass is 297 g/mol. The van der Waals surface area contributed by atoms with Crippen LogP contribution in [0.3, 0.4) is 0 Å². The third kappa shape index (κ3) is 3.09. The highest BCUT2D eigenvalue weighted by atomic mass is 16.5. The Labute approximate surface area is 132 Å². The predicted octanol–water partition coefficient (Wildman–Crippen LogP) is 4.09. The molecule has 1 aliphatic rings. The van der Waals surface area contributed by atoms with Gasteiger partial charge in [0.1, 0.15) is 17.1 Å². The molecule has 1 heterocycles. The molecule has 116 valence electrons. The second kappa shape index (κ2) is 6.01. The molecule has 3 nitrogen and oxygen atoms in total. The third-order valence-corrected chi connectivity index (χ3v) is 4.07. The fourth-order valence-corrected chi connectivity index (χ4v) is 3.08. The van der Waals surface area contributed by atoms with Gasteiger partial charge in [-0.2, -0.15) is 0 Å². The lowest BCUT2D eigenvalue weighted by molar-refractivity contribution is 0.0644. The second-order valence-corrected chi connectivity index (χ2v) is 6.36. The minimum atomic E-state index is -0.187. The smallest absolute Gasteiger partial charge is 0.128 e. The van der Waals surface area contributed by atoms with Crippen LogP contribution in [0.5, 0.6) is 11.5 Å². The Hall–Kier alpha value is -2.00. The maximum atomic E-state index is 6.12. The minimum Gasteiger partial charge on any atom is -0.496 e. The Morgan fingerprint density at radius 2 is 1.91 bits per heavy atom. The van der Waals surface area contributed by atoms with Crippen LogP contribution in [0.1, 0.15) is 37.4 Å². The molecule has 2 aromatic rings. The standard InChI is InChI=1S/C19H23NO2/c1-19(2)12-15(20-13-14-8-5-4-6-9-14)18-16(21-3)10-7-11-17(18)22-19/h4-11,15,20H,12-13H2,1-3H3. The van der Waals surface area contributed by atoms with Crippen LogP contribution < -0.4 is 14.8 Å². The van der Waals surface area contributed by atoms with Crippen LogP contribution >= 0.6 is 0 Å². The molecule has 0 spiro atoms. The number of hydrogen-bond donors (Lipinski definition) is 1. The molecule has 0 radical (unpaired) electrons. The van der Waals surface area contributed by atoms with Gasteiger partial charge in [0, 0.05) is 19.0 Å². The molecule has 1 N–H and O–H groups in total. The lowest BCUT2D eigenvalue weighted by Gasteiger charge is -2.38. The number of ether oxygens (including phenoxy) is 2. The fraction of sp³-hybridized carbons (Fsp3) is 0.368. The van der Waals surface area contributed by atoms with Crippen LogP contribution in [-0.2, 0) is 6.54 Å². The van der Waals surface area contributed by atoms with Crippen LogP contribution in [-0.4, -0.2) is 12.7 Å². The van der Waals surface area contributed by atoms with Crippen LogP contribution in [0.2, 0.25) is 0 Å². The first-order chi connectivity index (χ1) is 10.6. The molecule has 0 amide bonds. The zero-order chi connectivity index (χ0) is 15.6. The molecule has 2 aromatic carbocycles. The summed E-state index contributed by atoms with van der Waals surface area (Å²) in [6.07, 6.45) is 0.910. The lowest BCUT2D eigenvalue weighted by Crippen LogP contribution is -2.39. The van der Waals surface area contributed by atoms with Crippen molar-refractivity contribution in [2.45, 2.75) is 38.5 Å². The summed E-state index contributed by atoms with van der Waals surface area (Å²) in [7, 11) is 1.71. The van der Waals surface area contributed by atoms with Crippen molar-refractivity contribution in [2.24, 2.45) is 0 Å². The van der Waals surface area contributed by atoms with E-state index >= 15 is 0 Å². The van der Waals surface area contributed by atoms with E-state index in [2.05, 4.69) is 43.4 Å². The molecule has 0 saturated heterocycles. The maximum absolute atomic E-state index is 6.12. The number of fused-ring (bicyclic) bond motifs is 1. The SMILES string of the molecule is COc1cccc2c1C(NCc1ccccc1)CC(C)(C)O2. The van der Waals surface area contributed by atoms with E-state index in [1.807, 2.05) is 24.3 Å². The van der Waals surface area contributed by atoms with Crippen LogP contribution in [0, 0.1) is 0 Å². The lowest BCUT2D eigenvalue weighted by atomic mass is 9.89. The van der Waals surface area contributed by atoms with Crippen LogP contribution in [0.15, 0.2) is 48.5 Å². The molecule has 3 rings (SSSR count). The largest absolute Gasteiger partial charge is 0.496 e. The van der Waals surface area contributed by atoms with Crippen LogP contribution in [0.25, 0.3) is 0 Å². The topological polar surface area (TPSA) is 30.5 Å². The zero-order valence-electron chi connectivity index (χ0n) is 13.4. The van der Waals surface area contributed by atoms with Gasteiger partial charge in [0.15, 0.2) is 0 Å². The van der Waals surface area contributed by atoms with Crippen molar-refractivity contribution >= 4 is 0 Å². The quantitative estimate of drug-likeness (QED) is 0.922. The van der Waals surface area contributed by atoms with Gasteiger partial charge in [-0.05, 0) is 31.5 Å². The van der Waals surface area contributed by atoms with Gasteiger partial charge < -0.3 is 14.8 Å². The summed E-state index contributed by atoms with van der Waals surface area (Å²) in [4.78, 5) is 0. The summed E-state index contributed by atoms with van der Waals surface area (Å²) < 4.78 is 11.7. The van der Waals surface area contributed by atoms with E-state index in [0.29, 0.717) is 0 Å². The third-order valence-electron chi connectivity index (χ3n) is 4.07. The van der Waals surface area contributed by atoms with Crippen molar-refractivity contribution in [1.82, 2.24) is 5.32 Å². The maximum Gasteiger partial charge on any atom is 0.128 e. The zero-order valence-corrected chi connectivity index (χ0v) is 13.4. The van der Waals surface area contributed by atoms with E-state index in [1.54, 1.807) is 7.11 Å². The van der Waals surface area contributed by atoms with Gasteiger partial charge in [0.25, 0.3) is 0 Å². The molecule has 1 aliphatic heterocycles. The summed E-state index contributed by atoms with van der Waals surface area (Å²) in [5.74, 6) is 1.81. The Balaban J connectivity index is 1.87. The van der Waals surface area contributed by atoms with Crippen molar-refractivity contribution < 1.29 is 9.47 Å². The molecule has 0 aliphatic carbocycles. The Morgan fingerprint density at radius 3 is 2.64 bits per heavy atom. The molecular formula is C19H23NO2. The molecule has 1 unspecified atom stereocenters. The first-order valence-corrected chi connectivity index (χ1v) is 7.72. The van der Waals surface area contributed by atoms with E-state index < -0.39 is 0 Å². The average molecular weight is 297 g/mol. The van der Waals surface area contributed by atoms with Gasteiger partial charge in [0.2, 0.25) is 0 Å². The summed E-state index contributed by atoms with van der Waals surface area (Å²) in [5.41, 5.74) is 2.22. The number of methoxy groups -OCH3 is 1. The molecule has 3 heteroatoms. The molecule has 0 fully saturated rings. The highest BCUT2D eigenvalue weighted by Crippen LogP contribution is 2.44. The van der Waals surface area contributed by atoms with E-state index in [1.165, 1.54) is 5.56 Å².